The normalized spacial score (nSPS) is 10.4. The Labute approximate surface area is 103 Å². The molecule has 0 atom stereocenters. The molecule has 0 aromatic carbocycles. The highest BCUT2D eigenvalue weighted by atomic mass is 16.3. The van der Waals surface area contributed by atoms with Crippen LogP contribution in [-0.4, -0.2) is 15.0 Å². The molecule has 5 nitrogen and oxygen atoms in total. The Kier molecular flexibility index (Phi) is 2.49. The molecule has 0 fully saturated rings. The Morgan fingerprint density at radius 2 is 2.06 bits per heavy atom. The Balaban J connectivity index is 2.12. The van der Waals surface area contributed by atoms with Gasteiger partial charge in [-0.15, -0.1) is 0 Å². The molecule has 2 N–H and O–H groups in total. The largest absolute Gasteiger partial charge is 0.463 e. The van der Waals surface area contributed by atoms with Gasteiger partial charge in [0.15, 0.2) is 11.6 Å². The number of nitrogens with zero attached hydrogens (tertiary/aromatic N) is 3. The van der Waals surface area contributed by atoms with Crippen LogP contribution in [0.4, 0.5) is 5.82 Å². The summed E-state index contributed by atoms with van der Waals surface area (Å²) in [6.45, 7) is 0. The molecule has 3 aromatic rings. The monoisotopic (exact) mass is 238 g/mol. The van der Waals surface area contributed by atoms with Gasteiger partial charge in [0.25, 0.3) is 0 Å². The molecule has 0 aliphatic rings. The van der Waals surface area contributed by atoms with E-state index in [9.17, 15) is 0 Å². The van der Waals surface area contributed by atoms with Crippen molar-refractivity contribution in [3.05, 3.63) is 49.0 Å². The zero-order chi connectivity index (χ0) is 12.4. The summed E-state index contributed by atoms with van der Waals surface area (Å²) in [5.74, 6) is 1.60. The minimum Gasteiger partial charge on any atom is -0.463 e. The van der Waals surface area contributed by atoms with Crippen LogP contribution in [0, 0.1) is 0 Å². The summed E-state index contributed by atoms with van der Waals surface area (Å²) in [5, 5.41) is 0. The molecule has 0 radical (unpaired) electrons. The maximum atomic E-state index is 5.79. The first-order chi connectivity index (χ1) is 8.83. The smallest absolute Gasteiger partial charge is 0.163 e. The van der Waals surface area contributed by atoms with E-state index in [2.05, 4.69) is 15.0 Å². The van der Waals surface area contributed by atoms with E-state index in [0.29, 0.717) is 23.1 Å². The van der Waals surface area contributed by atoms with Gasteiger partial charge < -0.3 is 10.2 Å². The molecule has 5 heteroatoms. The van der Waals surface area contributed by atoms with Crippen LogP contribution in [0.3, 0.4) is 0 Å². The fourth-order valence-electron chi connectivity index (χ4n) is 1.64. The number of furan rings is 1. The van der Waals surface area contributed by atoms with Gasteiger partial charge in [-0.2, -0.15) is 0 Å². The third-order valence-corrected chi connectivity index (χ3v) is 2.44. The summed E-state index contributed by atoms with van der Waals surface area (Å²) < 4.78 is 5.30. The van der Waals surface area contributed by atoms with Crippen LogP contribution in [0.2, 0.25) is 0 Å². The lowest BCUT2D eigenvalue weighted by atomic mass is 10.2. The maximum absolute atomic E-state index is 5.79. The number of hydrogen-bond donors (Lipinski definition) is 1. The number of nitrogens with two attached hydrogens (primary N) is 1. The lowest BCUT2D eigenvalue weighted by Gasteiger charge is -2.03. The molecule has 3 heterocycles. The number of hydrogen-bond acceptors (Lipinski definition) is 5. The summed E-state index contributed by atoms with van der Waals surface area (Å²) in [5.41, 5.74) is 7.27. The van der Waals surface area contributed by atoms with Gasteiger partial charge >= 0.3 is 0 Å². The van der Waals surface area contributed by atoms with Crippen LogP contribution in [0.25, 0.3) is 22.8 Å². The van der Waals surface area contributed by atoms with Crippen molar-refractivity contribution in [3.63, 3.8) is 0 Å². The molecule has 0 saturated heterocycles. The molecular formula is C13H10N4O. The quantitative estimate of drug-likeness (QED) is 0.741. The first kappa shape index (κ1) is 10.5. The van der Waals surface area contributed by atoms with Gasteiger partial charge in [-0.3, -0.25) is 4.98 Å². The minimum atomic E-state index is 0.398. The average molecular weight is 238 g/mol. The fourth-order valence-corrected chi connectivity index (χ4v) is 1.64. The van der Waals surface area contributed by atoms with E-state index >= 15 is 0 Å². The molecule has 0 saturated carbocycles. The van der Waals surface area contributed by atoms with Crippen LogP contribution in [0.1, 0.15) is 0 Å². The molecule has 0 spiro atoms. The zero-order valence-corrected chi connectivity index (χ0v) is 9.45. The Bertz CT molecular complexity index is 650. The van der Waals surface area contributed by atoms with Crippen molar-refractivity contribution in [2.45, 2.75) is 0 Å². The topological polar surface area (TPSA) is 77.8 Å². The van der Waals surface area contributed by atoms with E-state index in [1.54, 1.807) is 30.8 Å². The van der Waals surface area contributed by atoms with Crippen molar-refractivity contribution in [2.75, 3.05) is 5.73 Å². The summed E-state index contributed by atoms with van der Waals surface area (Å²) in [6.07, 6.45) is 4.99. The highest BCUT2D eigenvalue weighted by Gasteiger charge is 2.08. The van der Waals surface area contributed by atoms with E-state index in [-0.39, 0.29) is 0 Å². The summed E-state index contributed by atoms with van der Waals surface area (Å²) >= 11 is 0. The molecule has 3 rings (SSSR count). The second-order valence-corrected chi connectivity index (χ2v) is 3.72. The third kappa shape index (κ3) is 1.93. The molecule has 0 bridgehead atoms. The van der Waals surface area contributed by atoms with E-state index < -0.39 is 0 Å². The second-order valence-electron chi connectivity index (χ2n) is 3.72. The highest BCUT2D eigenvalue weighted by Crippen LogP contribution is 2.22. The Hall–Kier alpha value is -2.69. The molecule has 18 heavy (non-hydrogen) atoms. The van der Waals surface area contributed by atoms with Gasteiger partial charge in [0, 0.05) is 24.0 Å². The SMILES string of the molecule is Nc1cc(-c2ccco2)nc(-c2cccnc2)n1. The van der Waals surface area contributed by atoms with Gasteiger partial charge in [0.1, 0.15) is 11.5 Å². The van der Waals surface area contributed by atoms with E-state index in [4.69, 9.17) is 10.2 Å². The van der Waals surface area contributed by atoms with Crippen LogP contribution in [0.15, 0.2) is 53.4 Å². The number of anilines is 1. The Morgan fingerprint density at radius 1 is 1.11 bits per heavy atom. The molecule has 88 valence electrons. The second kappa shape index (κ2) is 4.29. The van der Waals surface area contributed by atoms with Crippen molar-refractivity contribution >= 4 is 5.82 Å². The van der Waals surface area contributed by atoms with Gasteiger partial charge in [0.2, 0.25) is 0 Å². The summed E-state index contributed by atoms with van der Waals surface area (Å²) in [4.78, 5) is 12.7. The lowest BCUT2D eigenvalue weighted by Crippen LogP contribution is -1.97. The fraction of sp³-hybridized carbons (Fsp3) is 0. The first-order valence-electron chi connectivity index (χ1n) is 5.42. The van der Waals surface area contributed by atoms with Gasteiger partial charge in [-0.1, -0.05) is 0 Å². The predicted molar refractivity (Wildman–Crippen MR) is 67.4 cm³/mol. The maximum Gasteiger partial charge on any atom is 0.163 e. The summed E-state index contributed by atoms with van der Waals surface area (Å²) in [6, 6.07) is 9.02. The van der Waals surface area contributed by atoms with Crippen LogP contribution in [0.5, 0.6) is 0 Å². The average Bonchev–Trinajstić information content (AvgIpc) is 2.93. The number of pyridine rings is 1. The van der Waals surface area contributed by atoms with E-state index in [0.717, 1.165) is 5.56 Å². The van der Waals surface area contributed by atoms with Crippen LogP contribution >= 0.6 is 0 Å². The van der Waals surface area contributed by atoms with E-state index in [1.807, 2.05) is 18.2 Å². The minimum absolute atomic E-state index is 0.398. The summed E-state index contributed by atoms with van der Waals surface area (Å²) in [7, 11) is 0. The molecule has 0 aliphatic carbocycles. The molecule has 3 aromatic heterocycles. The predicted octanol–water partition coefficient (Wildman–Crippen LogP) is 2.38. The highest BCUT2D eigenvalue weighted by molar-refractivity contribution is 5.63. The third-order valence-electron chi connectivity index (χ3n) is 2.44. The van der Waals surface area contributed by atoms with Crippen molar-refractivity contribution in [1.82, 2.24) is 15.0 Å². The number of nitrogen functional groups attached to an aromatic ring is 1. The number of rotatable bonds is 2. The van der Waals surface area contributed by atoms with Gasteiger partial charge in [-0.05, 0) is 24.3 Å². The Morgan fingerprint density at radius 3 is 2.78 bits per heavy atom. The van der Waals surface area contributed by atoms with Crippen molar-refractivity contribution in [2.24, 2.45) is 0 Å². The van der Waals surface area contributed by atoms with Crippen LogP contribution < -0.4 is 5.73 Å². The lowest BCUT2D eigenvalue weighted by molar-refractivity contribution is 0.580. The molecular weight excluding hydrogens is 228 g/mol. The van der Waals surface area contributed by atoms with Gasteiger partial charge in [0.05, 0.1) is 6.26 Å². The molecule has 0 aliphatic heterocycles. The molecule has 0 unspecified atom stereocenters. The standard InChI is InChI=1S/C13H10N4O/c14-12-7-10(11-4-2-6-18-11)16-13(17-12)9-3-1-5-15-8-9/h1-8H,(H2,14,16,17). The molecule has 0 amide bonds. The first-order valence-corrected chi connectivity index (χ1v) is 5.42. The van der Waals surface area contributed by atoms with Crippen LogP contribution in [-0.2, 0) is 0 Å². The van der Waals surface area contributed by atoms with E-state index in [1.165, 1.54) is 0 Å². The van der Waals surface area contributed by atoms with Gasteiger partial charge in [-0.25, -0.2) is 9.97 Å². The van der Waals surface area contributed by atoms with Crippen molar-refractivity contribution in [1.29, 1.82) is 0 Å². The van der Waals surface area contributed by atoms with Crippen molar-refractivity contribution in [3.8, 4) is 22.8 Å². The zero-order valence-electron chi connectivity index (χ0n) is 9.45. The van der Waals surface area contributed by atoms with Crippen molar-refractivity contribution < 1.29 is 4.42 Å². The number of aromatic nitrogens is 3.